The van der Waals surface area contributed by atoms with Gasteiger partial charge in [-0.25, -0.2) is 4.98 Å². The molecule has 0 aliphatic heterocycles. The van der Waals surface area contributed by atoms with Crippen LogP contribution in [-0.4, -0.2) is 22.8 Å². The maximum Gasteiger partial charge on any atom is 0.251 e. The number of anilines is 1. The molecule has 2 amide bonds. The Kier molecular flexibility index (Phi) is 7.59. The minimum absolute atomic E-state index is 0.00494. The van der Waals surface area contributed by atoms with Crippen molar-refractivity contribution >= 4 is 52.3 Å². The molecule has 9 heteroatoms. The van der Waals surface area contributed by atoms with Gasteiger partial charge in [-0.2, -0.15) is 0 Å². The van der Waals surface area contributed by atoms with Crippen LogP contribution in [0, 0.1) is 0 Å². The van der Waals surface area contributed by atoms with Gasteiger partial charge in [-0.1, -0.05) is 34.8 Å². The number of rotatable bonds is 7. The molecule has 1 heterocycles. The minimum atomic E-state index is -0.285. The number of benzene rings is 2. The van der Waals surface area contributed by atoms with Gasteiger partial charge in [0.1, 0.15) is 0 Å². The third kappa shape index (κ3) is 6.23. The highest BCUT2D eigenvalue weighted by molar-refractivity contribution is 6.36. The molecule has 0 saturated heterocycles. The second-order valence-electron chi connectivity index (χ2n) is 7.11. The Bertz CT molecular complexity index is 1110. The van der Waals surface area contributed by atoms with Crippen molar-refractivity contribution < 1.29 is 14.0 Å². The average molecular weight is 481 g/mol. The highest BCUT2D eigenvalue weighted by atomic mass is 35.5. The number of nitrogens with zero attached hydrogens (tertiary/aromatic N) is 1. The van der Waals surface area contributed by atoms with E-state index in [1.165, 1.54) is 0 Å². The highest BCUT2D eigenvalue weighted by Crippen LogP contribution is 2.31. The van der Waals surface area contributed by atoms with Crippen molar-refractivity contribution in [2.45, 2.75) is 32.7 Å². The van der Waals surface area contributed by atoms with E-state index in [1.807, 2.05) is 13.8 Å². The summed E-state index contributed by atoms with van der Waals surface area (Å²) in [5.74, 6) is 0.360. The first-order valence-electron chi connectivity index (χ1n) is 9.53. The van der Waals surface area contributed by atoms with Crippen molar-refractivity contribution in [2.24, 2.45) is 0 Å². The number of aromatic nitrogens is 1. The van der Waals surface area contributed by atoms with Gasteiger partial charge in [0.2, 0.25) is 5.91 Å². The molecule has 0 saturated carbocycles. The Labute approximate surface area is 194 Å². The summed E-state index contributed by atoms with van der Waals surface area (Å²) in [4.78, 5) is 28.8. The number of oxazole rings is 1. The normalized spacial score (nSPS) is 10.9. The van der Waals surface area contributed by atoms with E-state index in [0.29, 0.717) is 43.5 Å². The zero-order chi connectivity index (χ0) is 22.5. The van der Waals surface area contributed by atoms with Crippen molar-refractivity contribution in [1.82, 2.24) is 10.3 Å². The van der Waals surface area contributed by atoms with E-state index in [4.69, 9.17) is 39.2 Å². The monoisotopic (exact) mass is 479 g/mol. The summed E-state index contributed by atoms with van der Waals surface area (Å²) in [5.41, 5.74) is 1.44. The van der Waals surface area contributed by atoms with Crippen LogP contribution in [0.3, 0.4) is 0 Å². The Morgan fingerprint density at radius 1 is 1.06 bits per heavy atom. The summed E-state index contributed by atoms with van der Waals surface area (Å²) in [5, 5.41) is 6.83. The fourth-order valence-corrected chi connectivity index (χ4v) is 3.45. The maximum atomic E-state index is 12.4. The van der Waals surface area contributed by atoms with E-state index < -0.39 is 0 Å². The van der Waals surface area contributed by atoms with Crippen molar-refractivity contribution in [3.05, 3.63) is 69.1 Å². The molecular weight excluding hydrogens is 461 g/mol. The molecule has 3 rings (SSSR count). The molecule has 3 aromatic rings. The standard InChI is InChI=1S/C22H20Cl3N3O3/c1-12(2)27-22(30)13-3-6-16(24)18(9-13)28-20(29)7-8-21-26-11-19(31-21)15-5-4-14(23)10-17(15)25/h3-6,9-12H,7-8H2,1-2H3,(H,27,30)(H,28,29). The van der Waals surface area contributed by atoms with Crippen LogP contribution in [0.5, 0.6) is 0 Å². The van der Waals surface area contributed by atoms with Gasteiger partial charge in [0.25, 0.3) is 5.91 Å². The minimum Gasteiger partial charge on any atom is -0.441 e. The van der Waals surface area contributed by atoms with Crippen molar-refractivity contribution in [3.63, 3.8) is 0 Å². The molecule has 2 aromatic carbocycles. The van der Waals surface area contributed by atoms with Crippen molar-refractivity contribution in [3.8, 4) is 11.3 Å². The number of amides is 2. The fraction of sp³-hybridized carbons (Fsp3) is 0.227. The lowest BCUT2D eigenvalue weighted by molar-refractivity contribution is -0.116. The van der Waals surface area contributed by atoms with Crippen LogP contribution >= 0.6 is 34.8 Å². The number of halogens is 3. The number of carbonyl (C=O) groups excluding carboxylic acids is 2. The lowest BCUT2D eigenvalue weighted by Crippen LogP contribution is -2.30. The van der Waals surface area contributed by atoms with Crippen LogP contribution in [0.25, 0.3) is 11.3 Å². The van der Waals surface area contributed by atoms with Gasteiger partial charge >= 0.3 is 0 Å². The van der Waals surface area contributed by atoms with Crippen LogP contribution in [0.1, 0.15) is 36.5 Å². The Balaban J connectivity index is 1.62. The zero-order valence-corrected chi connectivity index (χ0v) is 19.1. The number of hydrogen-bond acceptors (Lipinski definition) is 4. The van der Waals surface area contributed by atoms with E-state index in [1.54, 1.807) is 42.6 Å². The molecule has 0 atom stereocenters. The van der Waals surface area contributed by atoms with Crippen LogP contribution in [0.15, 0.2) is 47.0 Å². The van der Waals surface area contributed by atoms with Gasteiger partial charge in [0.15, 0.2) is 11.7 Å². The van der Waals surface area contributed by atoms with Crippen LogP contribution < -0.4 is 10.6 Å². The Hall–Kier alpha value is -2.54. The fourth-order valence-electron chi connectivity index (χ4n) is 2.78. The second kappa shape index (κ2) is 10.2. The second-order valence-corrected chi connectivity index (χ2v) is 8.36. The molecule has 31 heavy (non-hydrogen) atoms. The first kappa shape index (κ1) is 23.1. The molecule has 0 aliphatic rings. The summed E-state index contributed by atoms with van der Waals surface area (Å²) >= 11 is 18.3. The van der Waals surface area contributed by atoms with E-state index in [2.05, 4.69) is 15.6 Å². The molecule has 2 N–H and O–H groups in total. The summed E-state index contributed by atoms with van der Waals surface area (Å²) in [6, 6.07) is 9.78. The maximum absolute atomic E-state index is 12.4. The Morgan fingerprint density at radius 2 is 1.84 bits per heavy atom. The van der Waals surface area contributed by atoms with Crippen LogP contribution in [0.4, 0.5) is 5.69 Å². The van der Waals surface area contributed by atoms with Crippen LogP contribution in [-0.2, 0) is 11.2 Å². The van der Waals surface area contributed by atoms with Crippen molar-refractivity contribution in [2.75, 3.05) is 5.32 Å². The molecule has 0 aliphatic carbocycles. The van der Waals surface area contributed by atoms with Gasteiger partial charge in [0.05, 0.1) is 21.9 Å². The summed E-state index contributed by atoms with van der Waals surface area (Å²) in [6.07, 6.45) is 1.95. The number of carbonyl (C=O) groups is 2. The van der Waals surface area contributed by atoms with Gasteiger partial charge in [0, 0.05) is 35.0 Å². The predicted molar refractivity (Wildman–Crippen MR) is 123 cm³/mol. The molecule has 1 aromatic heterocycles. The van der Waals surface area contributed by atoms with Crippen LogP contribution in [0.2, 0.25) is 15.1 Å². The number of aryl methyl sites for hydroxylation is 1. The van der Waals surface area contributed by atoms with E-state index in [0.717, 1.165) is 0 Å². The Morgan fingerprint density at radius 3 is 2.55 bits per heavy atom. The highest BCUT2D eigenvalue weighted by Gasteiger charge is 2.14. The number of nitrogens with one attached hydrogen (secondary N) is 2. The molecule has 0 fully saturated rings. The zero-order valence-electron chi connectivity index (χ0n) is 16.8. The first-order chi connectivity index (χ1) is 14.7. The summed E-state index contributed by atoms with van der Waals surface area (Å²) in [6.45, 7) is 3.73. The van der Waals surface area contributed by atoms with Gasteiger partial charge in [-0.05, 0) is 50.2 Å². The molecular formula is C22H20Cl3N3O3. The third-order valence-corrected chi connectivity index (χ3v) is 5.12. The molecule has 6 nitrogen and oxygen atoms in total. The number of hydrogen-bond donors (Lipinski definition) is 2. The van der Waals surface area contributed by atoms with E-state index in [-0.39, 0.29) is 30.7 Å². The van der Waals surface area contributed by atoms with Gasteiger partial charge < -0.3 is 15.1 Å². The summed E-state index contributed by atoms with van der Waals surface area (Å²) in [7, 11) is 0. The quantitative estimate of drug-likeness (QED) is 0.433. The molecule has 0 bridgehead atoms. The lowest BCUT2D eigenvalue weighted by Gasteiger charge is -2.11. The SMILES string of the molecule is CC(C)NC(=O)c1ccc(Cl)c(NC(=O)CCc2ncc(-c3ccc(Cl)cc3Cl)o2)c1. The first-order valence-corrected chi connectivity index (χ1v) is 10.7. The predicted octanol–water partition coefficient (Wildman–Crippen LogP) is 6.01. The van der Waals surface area contributed by atoms with E-state index in [9.17, 15) is 9.59 Å². The molecule has 162 valence electrons. The topological polar surface area (TPSA) is 84.2 Å². The largest absolute Gasteiger partial charge is 0.441 e. The van der Waals surface area contributed by atoms with Gasteiger partial charge in [-0.15, -0.1) is 0 Å². The molecule has 0 spiro atoms. The van der Waals surface area contributed by atoms with Crippen molar-refractivity contribution in [1.29, 1.82) is 0 Å². The lowest BCUT2D eigenvalue weighted by atomic mass is 10.1. The summed E-state index contributed by atoms with van der Waals surface area (Å²) < 4.78 is 5.70. The third-order valence-electron chi connectivity index (χ3n) is 4.24. The smallest absolute Gasteiger partial charge is 0.251 e. The molecule has 0 unspecified atom stereocenters. The van der Waals surface area contributed by atoms with E-state index >= 15 is 0 Å². The average Bonchev–Trinajstić information content (AvgIpc) is 3.16. The molecule has 0 radical (unpaired) electrons. The van der Waals surface area contributed by atoms with Gasteiger partial charge in [-0.3, -0.25) is 9.59 Å².